The fourth-order valence-corrected chi connectivity index (χ4v) is 4.99. The van der Waals surface area contributed by atoms with Crippen molar-refractivity contribution in [1.82, 2.24) is 21.3 Å². The van der Waals surface area contributed by atoms with Gasteiger partial charge in [0.1, 0.15) is 24.2 Å². The molecule has 4 N–H and O–H groups in total. The molecule has 8 atom stereocenters. The first-order valence-electron chi connectivity index (χ1n) is 17.9. The number of cyclic esters (lactones) is 4. The first-order chi connectivity index (χ1) is 23.9. The van der Waals surface area contributed by atoms with Gasteiger partial charge in [0.25, 0.3) is 23.6 Å². The number of carbonyl (C=O) groups excluding carboxylic acids is 8. The van der Waals surface area contributed by atoms with Crippen LogP contribution in [0, 0.1) is 35.5 Å². The largest absolute Gasteiger partial charge is 0.451 e. The summed E-state index contributed by atoms with van der Waals surface area (Å²) >= 11 is 0. The van der Waals surface area contributed by atoms with Crippen molar-refractivity contribution >= 4 is 47.5 Å². The summed E-state index contributed by atoms with van der Waals surface area (Å²) in [5.41, 5.74) is 0. The molecule has 296 valence electrons. The first-order valence-corrected chi connectivity index (χ1v) is 17.9. The Morgan fingerprint density at radius 1 is 0.346 bits per heavy atom. The van der Waals surface area contributed by atoms with Gasteiger partial charge < -0.3 is 40.2 Å². The van der Waals surface area contributed by atoms with Crippen LogP contribution in [0.15, 0.2) is 0 Å². The summed E-state index contributed by atoms with van der Waals surface area (Å²) in [6, 6.07) is -5.07. The van der Waals surface area contributed by atoms with Gasteiger partial charge in [-0.2, -0.15) is 0 Å². The second-order valence-corrected chi connectivity index (χ2v) is 15.3. The molecule has 0 bridgehead atoms. The summed E-state index contributed by atoms with van der Waals surface area (Å²) in [4.78, 5) is 107. The third-order valence-corrected chi connectivity index (χ3v) is 8.41. The van der Waals surface area contributed by atoms with Crippen LogP contribution in [0.2, 0.25) is 0 Å². The lowest BCUT2D eigenvalue weighted by molar-refractivity contribution is -0.167. The number of hydrogen-bond donors (Lipinski definition) is 4. The minimum absolute atomic E-state index is 0.534. The zero-order valence-corrected chi connectivity index (χ0v) is 33.0. The molecule has 52 heavy (non-hydrogen) atoms. The molecule has 0 saturated carbocycles. The fourth-order valence-electron chi connectivity index (χ4n) is 4.99. The number of rotatable bonds is 6. The summed E-state index contributed by atoms with van der Waals surface area (Å²) < 4.78 is 22.0. The molecule has 0 aromatic heterocycles. The summed E-state index contributed by atoms with van der Waals surface area (Å²) in [6.45, 7) is 22.1. The van der Waals surface area contributed by atoms with Gasteiger partial charge in [-0.05, 0) is 49.4 Å². The van der Waals surface area contributed by atoms with Crippen molar-refractivity contribution in [1.29, 1.82) is 0 Å². The van der Waals surface area contributed by atoms with Gasteiger partial charge >= 0.3 is 23.9 Å². The predicted octanol–water partition coefficient (Wildman–Crippen LogP) is 1.56. The Labute approximate surface area is 306 Å². The van der Waals surface area contributed by atoms with Gasteiger partial charge in [0.2, 0.25) is 0 Å². The van der Waals surface area contributed by atoms with E-state index >= 15 is 0 Å². The Hall–Kier alpha value is -4.24. The Kier molecular flexibility index (Phi) is 17.7. The lowest BCUT2D eigenvalue weighted by atomic mass is 10.0. The Bertz CT molecular complexity index is 1200. The number of nitrogens with one attached hydrogen (secondary N) is 4. The molecule has 4 amide bonds. The van der Waals surface area contributed by atoms with Gasteiger partial charge in [0.05, 0.1) is 0 Å². The van der Waals surface area contributed by atoms with Gasteiger partial charge in [-0.15, -0.1) is 0 Å². The molecule has 1 fully saturated rings. The van der Waals surface area contributed by atoms with Crippen LogP contribution in [0.25, 0.3) is 0 Å². The van der Waals surface area contributed by atoms with Crippen LogP contribution < -0.4 is 21.3 Å². The van der Waals surface area contributed by atoms with Gasteiger partial charge in [-0.25, -0.2) is 19.2 Å². The molecular formula is C36H60N4O12. The van der Waals surface area contributed by atoms with Gasteiger partial charge in [-0.3, -0.25) is 19.2 Å². The Morgan fingerprint density at radius 3 is 0.769 bits per heavy atom. The van der Waals surface area contributed by atoms with Gasteiger partial charge in [-0.1, -0.05) is 83.1 Å². The molecule has 16 nitrogen and oxygen atoms in total. The molecule has 0 radical (unpaired) electrons. The second kappa shape index (κ2) is 20.1. The molecule has 4 unspecified atom stereocenters. The Morgan fingerprint density at radius 2 is 0.558 bits per heavy atom. The molecular weight excluding hydrogens is 680 g/mol. The summed E-state index contributed by atoms with van der Waals surface area (Å²) in [5, 5.41) is 10.1. The highest BCUT2D eigenvalue weighted by Gasteiger charge is 2.40. The number of ether oxygens (including phenoxy) is 4. The minimum atomic E-state index is -1.43. The van der Waals surface area contributed by atoms with Crippen molar-refractivity contribution in [2.24, 2.45) is 35.5 Å². The lowest BCUT2D eigenvalue weighted by Crippen LogP contribution is -2.56. The fraction of sp³-hybridized carbons (Fsp3) is 0.778. The third kappa shape index (κ3) is 13.1. The van der Waals surface area contributed by atoms with Crippen molar-refractivity contribution < 1.29 is 57.3 Å². The summed E-state index contributed by atoms with van der Waals surface area (Å²) in [6.07, 6.45) is -5.65. The average molecular weight is 741 g/mol. The number of amides is 4. The van der Waals surface area contributed by atoms with E-state index in [1.165, 1.54) is 13.8 Å². The maximum absolute atomic E-state index is 13.5. The van der Waals surface area contributed by atoms with Crippen LogP contribution in [0.1, 0.15) is 96.9 Å². The summed E-state index contributed by atoms with van der Waals surface area (Å²) in [7, 11) is 0. The summed E-state index contributed by atoms with van der Waals surface area (Å²) in [5.74, 6) is -10.4. The van der Waals surface area contributed by atoms with Crippen LogP contribution >= 0.6 is 0 Å². The number of carbonyl (C=O) groups is 8. The maximum atomic E-state index is 13.5. The van der Waals surface area contributed by atoms with E-state index in [-0.39, 0.29) is 0 Å². The number of esters is 4. The van der Waals surface area contributed by atoms with Gasteiger partial charge in [0, 0.05) is 0 Å². The first kappa shape index (κ1) is 45.8. The SMILES string of the molecule is CC1OC(=O)C(C(C)C)NC(=O)C(C(C)C)OC(=O)[C@H](C(C)C)NC(=O)[C@H](C)OC(=O)C(C(C)C)NC(=O)[C@@H](C(C)C)OC(=O)[C@H](C(C)C)NC1=O. The molecule has 1 aliphatic rings. The monoisotopic (exact) mass is 740 g/mol. The highest BCUT2D eigenvalue weighted by atomic mass is 16.6. The van der Waals surface area contributed by atoms with E-state index in [0.29, 0.717) is 0 Å². The molecule has 0 spiro atoms. The molecule has 0 aromatic carbocycles. The topological polar surface area (TPSA) is 222 Å². The van der Waals surface area contributed by atoms with E-state index in [1.807, 2.05) is 0 Å². The van der Waals surface area contributed by atoms with Crippen molar-refractivity contribution in [3.05, 3.63) is 0 Å². The quantitative estimate of drug-likeness (QED) is 0.225. The van der Waals surface area contributed by atoms with E-state index in [0.717, 1.165) is 0 Å². The van der Waals surface area contributed by atoms with E-state index in [1.54, 1.807) is 83.1 Å². The van der Waals surface area contributed by atoms with Crippen molar-refractivity contribution in [2.75, 3.05) is 0 Å². The van der Waals surface area contributed by atoms with Crippen LogP contribution in [0.4, 0.5) is 0 Å². The molecule has 1 aliphatic heterocycles. The van der Waals surface area contributed by atoms with E-state index in [4.69, 9.17) is 18.9 Å². The molecule has 0 aliphatic carbocycles. The normalized spacial score (nSPS) is 28.8. The second-order valence-electron chi connectivity index (χ2n) is 15.3. The lowest BCUT2D eigenvalue weighted by Gasteiger charge is -2.30. The molecule has 1 heterocycles. The zero-order chi connectivity index (χ0) is 40.4. The van der Waals surface area contributed by atoms with Crippen LogP contribution in [0.3, 0.4) is 0 Å². The van der Waals surface area contributed by atoms with E-state index < -0.39 is 132 Å². The van der Waals surface area contributed by atoms with Crippen LogP contribution in [-0.4, -0.2) is 96.1 Å². The smallest absolute Gasteiger partial charge is 0.329 e. The highest BCUT2D eigenvalue weighted by molar-refractivity contribution is 5.94. The van der Waals surface area contributed by atoms with Crippen LogP contribution in [-0.2, 0) is 57.3 Å². The Balaban J connectivity index is 3.68. The zero-order valence-electron chi connectivity index (χ0n) is 33.0. The van der Waals surface area contributed by atoms with E-state index in [2.05, 4.69) is 21.3 Å². The van der Waals surface area contributed by atoms with Gasteiger partial charge in [0.15, 0.2) is 24.4 Å². The maximum Gasteiger partial charge on any atom is 0.329 e. The number of hydrogen-bond acceptors (Lipinski definition) is 12. The standard InChI is InChI=1S/C36H60N4O12/c1-15(2)23-33(45)49-21(13)29(41)37-26(18(7)8)36(48)52-28(20(11)12)32(44)40-24(16(3)4)34(46)50-22(14)30(42)38-25(17(5)6)35(47)51-27(19(9)10)31(43)39-23/h15-28H,1-14H3,(H,37,41)(H,38,42)(H,39,43)(H,40,44)/t21-,22?,23?,24?,25-,26-,27+,28?/m0/s1. The third-order valence-electron chi connectivity index (χ3n) is 8.41. The molecule has 1 saturated heterocycles. The average Bonchev–Trinajstić information content (AvgIpc) is 3.02. The van der Waals surface area contributed by atoms with E-state index in [9.17, 15) is 38.4 Å². The van der Waals surface area contributed by atoms with Crippen molar-refractivity contribution in [3.63, 3.8) is 0 Å². The van der Waals surface area contributed by atoms with Crippen LogP contribution in [0.5, 0.6) is 0 Å². The minimum Gasteiger partial charge on any atom is -0.451 e. The molecule has 0 aromatic rings. The predicted molar refractivity (Wildman–Crippen MR) is 188 cm³/mol. The molecule has 1 rings (SSSR count). The molecule has 16 heteroatoms. The van der Waals surface area contributed by atoms with Crippen molar-refractivity contribution in [3.8, 4) is 0 Å². The van der Waals surface area contributed by atoms with Crippen molar-refractivity contribution in [2.45, 2.75) is 146 Å². The highest BCUT2D eigenvalue weighted by Crippen LogP contribution is 2.17.